The Balaban J connectivity index is 1.54. The summed E-state index contributed by atoms with van der Waals surface area (Å²) >= 11 is 1.61. The molecule has 1 aliphatic heterocycles. The Bertz CT molecular complexity index is 847. The molecule has 0 aromatic heterocycles. The zero-order valence-corrected chi connectivity index (χ0v) is 19.5. The minimum absolute atomic E-state index is 0.0147. The van der Waals surface area contributed by atoms with E-state index in [0.29, 0.717) is 24.8 Å². The van der Waals surface area contributed by atoms with Crippen LogP contribution < -0.4 is 5.32 Å². The highest BCUT2D eigenvalue weighted by molar-refractivity contribution is 7.99. The van der Waals surface area contributed by atoms with E-state index in [2.05, 4.69) is 72.6 Å². The fraction of sp³-hybridized carbons (Fsp3) is 0.440. The molecular weight excluding hydrogens is 406 g/mol. The first-order valence-electron chi connectivity index (χ1n) is 11.0. The normalized spacial score (nSPS) is 15.7. The van der Waals surface area contributed by atoms with Crippen molar-refractivity contribution in [2.75, 3.05) is 31.9 Å². The second-order valence-electron chi connectivity index (χ2n) is 8.37. The molecule has 0 radical (unpaired) electrons. The van der Waals surface area contributed by atoms with Crippen LogP contribution in [0.4, 0.5) is 0 Å². The molecule has 6 heteroatoms. The molecule has 1 aliphatic rings. The third-order valence-corrected chi connectivity index (χ3v) is 6.68. The van der Waals surface area contributed by atoms with Crippen LogP contribution in [0.5, 0.6) is 0 Å². The predicted octanol–water partition coefficient (Wildman–Crippen LogP) is 3.75. The third kappa shape index (κ3) is 7.11. The number of hydrogen-bond acceptors (Lipinski definition) is 4. The summed E-state index contributed by atoms with van der Waals surface area (Å²) in [6.07, 6.45) is 0. The standard InChI is InChI=1S/C25H33N3O2S/c1-19(2)22-9-11-23(12-10-22)31-18-24(26-20(3)29)25(30)28-15-13-27(14-16-28)17-21-7-5-4-6-8-21/h4-12,19,24H,13-18H2,1-3H3,(H,26,29). The zero-order chi connectivity index (χ0) is 22.2. The third-order valence-electron chi connectivity index (χ3n) is 5.57. The molecular formula is C25H33N3O2S. The fourth-order valence-corrected chi connectivity index (χ4v) is 4.65. The molecule has 1 heterocycles. The summed E-state index contributed by atoms with van der Waals surface area (Å²) in [6, 6.07) is 18.4. The molecule has 1 fully saturated rings. The summed E-state index contributed by atoms with van der Waals surface area (Å²) < 4.78 is 0. The lowest BCUT2D eigenvalue weighted by Gasteiger charge is -2.36. The van der Waals surface area contributed by atoms with Crippen molar-refractivity contribution in [3.05, 3.63) is 65.7 Å². The Hall–Kier alpha value is -2.31. The first-order valence-corrected chi connectivity index (χ1v) is 12.0. The highest BCUT2D eigenvalue weighted by atomic mass is 32.2. The molecule has 5 nitrogen and oxygen atoms in total. The topological polar surface area (TPSA) is 52.7 Å². The van der Waals surface area contributed by atoms with Gasteiger partial charge in [0.25, 0.3) is 0 Å². The lowest BCUT2D eigenvalue weighted by atomic mass is 10.0. The first kappa shape index (κ1) is 23.4. The molecule has 1 atom stereocenters. The van der Waals surface area contributed by atoms with Gasteiger partial charge in [0.2, 0.25) is 11.8 Å². The average Bonchev–Trinajstić information content (AvgIpc) is 2.77. The molecule has 0 aliphatic carbocycles. The number of carbonyl (C=O) groups excluding carboxylic acids is 2. The SMILES string of the molecule is CC(=O)NC(CSc1ccc(C(C)C)cc1)C(=O)N1CCN(Cc2ccccc2)CC1. The van der Waals surface area contributed by atoms with Crippen molar-refractivity contribution in [3.8, 4) is 0 Å². The van der Waals surface area contributed by atoms with Gasteiger partial charge in [-0.3, -0.25) is 14.5 Å². The van der Waals surface area contributed by atoms with Crippen LogP contribution in [0.15, 0.2) is 59.5 Å². The van der Waals surface area contributed by atoms with E-state index in [0.717, 1.165) is 24.5 Å². The van der Waals surface area contributed by atoms with E-state index in [-0.39, 0.29) is 11.8 Å². The second kappa shape index (κ2) is 11.3. The van der Waals surface area contributed by atoms with Crippen molar-refractivity contribution in [2.24, 2.45) is 0 Å². The Morgan fingerprint density at radius 3 is 2.19 bits per heavy atom. The largest absolute Gasteiger partial charge is 0.344 e. The van der Waals surface area contributed by atoms with Gasteiger partial charge in [-0.1, -0.05) is 56.3 Å². The number of benzene rings is 2. The van der Waals surface area contributed by atoms with Crippen molar-refractivity contribution in [2.45, 2.75) is 44.2 Å². The van der Waals surface area contributed by atoms with E-state index < -0.39 is 6.04 Å². The van der Waals surface area contributed by atoms with Crippen molar-refractivity contribution < 1.29 is 9.59 Å². The molecule has 1 saturated heterocycles. The van der Waals surface area contributed by atoms with Gasteiger partial charge in [-0.2, -0.15) is 0 Å². The van der Waals surface area contributed by atoms with Crippen LogP contribution in [-0.4, -0.2) is 59.6 Å². The summed E-state index contributed by atoms with van der Waals surface area (Å²) in [6.45, 7) is 9.79. The maximum absolute atomic E-state index is 13.1. The van der Waals surface area contributed by atoms with Gasteiger partial charge in [-0.05, 0) is 29.2 Å². The van der Waals surface area contributed by atoms with E-state index >= 15 is 0 Å². The predicted molar refractivity (Wildman–Crippen MR) is 127 cm³/mol. The highest BCUT2D eigenvalue weighted by Gasteiger charge is 2.28. The number of thioether (sulfide) groups is 1. The Morgan fingerprint density at radius 1 is 0.968 bits per heavy atom. The first-order chi connectivity index (χ1) is 14.9. The number of carbonyl (C=O) groups is 2. The Kier molecular flexibility index (Phi) is 8.55. The van der Waals surface area contributed by atoms with Gasteiger partial charge in [0.1, 0.15) is 6.04 Å². The maximum Gasteiger partial charge on any atom is 0.246 e. The number of rotatable bonds is 8. The molecule has 0 saturated carbocycles. The lowest BCUT2D eigenvalue weighted by molar-refractivity contribution is -0.137. The monoisotopic (exact) mass is 439 g/mol. The van der Waals surface area contributed by atoms with Crippen LogP contribution in [0, 0.1) is 0 Å². The van der Waals surface area contributed by atoms with E-state index in [1.54, 1.807) is 11.8 Å². The van der Waals surface area contributed by atoms with E-state index in [9.17, 15) is 9.59 Å². The summed E-state index contributed by atoms with van der Waals surface area (Å²) in [5.74, 6) is 0.870. The van der Waals surface area contributed by atoms with Crippen molar-refractivity contribution in [1.82, 2.24) is 15.1 Å². The minimum Gasteiger partial charge on any atom is -0.344 e. The fourth-order valence-electron chi connectivity index (χ4n) is 3.74. The summed E-state index contributed by atoms with van der Waals surface area (Å²) in [5.41, 5.74) is 2.59. The van der Waals surface area contributed by atoms with Crippen LogP contribution in [0.1, 0.15) is 37.8 Å². The number of piperazine rings is 1. The molecule has 0 spiro atoms. The van der Waals surface area contributed by atoms with Crippen LogP contribution in [-0.2, 0) is 16.1 Å². The molecule has 2 aromatic carbocycles. The second-order valence-corrected chi connectivity index (χ2v) is 9.47. The van der Waals surface area contributed by atoms with Gasteiger partial charge in [0.05, 0.1) is 0 Å². The highest BCUT2D eigenvalue weighted by Crippen LogP contribution is 2.23. The quantitative estimate of drug-likeness (QED) is 0.637. The molecule has 1 N–H and O–H groups in total. The van der Waals surface area contributed by atoms with Crippen molar-refractivity contribution in [1.29, 1.82) is 0 Å². The summed E-state index contributed by atoms with van der Waals surface area (Å²) in [7, 11) is 0. The number of amides is 2. The Labute approximate surface area is 190 Å². The molecule has 2 amide bonds. The molecule has 31 heavy (non-hydrogen) atoms. The number of hydrogen-bond donors (Lipinski definition) is 1. The van der Waals surface area contributed by atoms with Crippen LogP contribution in [0.2, 0.25) is 0 Å². The summed E-state index contributed by atoms with van der Waals surface area (Å²) in [4.78, 5) is 30.2. The van der Waals surface area contributed by atoms with E-state index in [1.807, 2.05) is 11.0 Å². The maximum atomic E-state index is 13.1. The zero-order valence-electron chi connectivity index (χ0n) is 18.7. The van der Waals surface area contributed by atoms with Gasteiger partial charge in [0, 0.05) is 50.3 Å². The van der Waals surface area contributed by atoms with Crippen molar-refractivity contribution >= 4 is 23.6 Å². The van der Waals surface area contributed by atoms with E-state index in [4.69, 9.17) is 0 Å². The minimum atomic E-state index is -0.507. The Morgan fingerprint density at radius 2 is 1.61 bits per heavy atom. The lowest BCUT2D eigenvalue weighted by Crippen LogP contribution is -2.55. The van der Waals surface area contributed by atoms with Crippen LogP contribution in [0.25, 0.3) is 0 Å². The molecule has 166 valence electrons. The molecule has 3 rings (SSSR count). The van der Waals surface area contributed by atoms with Crippen LogP contribution in [0.3, 0.4) is 0 Å². The van der Waals surface area contributed by atoms with Crippen LogP contribution >= 0.6 is 11.8 Å². The number of nitrogens with one attached hydrogen (secondary N) is 1. The molecule has 0 bridgehead atoms. The number of nitrogens with zero attached hydrogens (tertiary/aromatic N) is 2. The van der Waals surface area contributed by atoms with Gasteiger partial charge >= 0.3 is 0 Å². The smallest absolute Gasteiger partial charge is 0.246 e. The van der Waals surface area contributed by atoms with Gasteiger partial charge in [-0.25, -0.2) is 0 Å². The summed E-state index contributed by atoms with van der Waals surface area (Å²) in [5, 5.41) is 2.86. The van der Waals surface area contributed by atoms with Gasteiger partial charge in [0.15, 0.2) is 0 Å². The van der Waals surface area contributed by atoms with E-state index in [1.165, 1.54) is 18.1 Å². The van der Waals surface area contributed by atoms with Gasteiger partial charge in [-0.15, -0.1) is 11.8 Å². The van der Waals surface area contributed by atoms with Gasteiger partial charge < -0.3 is 10.2 Å². The van der Waals surface area contributed by atoms with Crippen molar-refractivity contribution in [3.63, 3.8) is 0 Å². The molecule has 1 unspecified atom stereocenters. The molecule has 2 aromatic rings. The average molecular weight is 440 g/mol.